The van der Waals surface area contributed by atoms with Gasteiger partial charge in [0.25, 0.3) is 0 Å². The van der Waals surface area contributed by atoms with Crippen LogP contribution >= 0.6 is 0 Å². The maximum Gasteiger partial charge on any atom is 0.208 e. The molecule has 0 aliphatic heterocycles. The Morgan fingerprint density at radius 2 is 2.05 bits per heavy atom. The number of fused-ring (bicyclic) bond motifs is 1. The molecule has 0 unspecified atom stereocenters. The number of carbonyl (C=O) groups excluding carboxylic acids is 1. The molecule has 3 aromatic rings. The summed E-state index contributed by atoms with van der Waals surface area (Å²) in [7, 11) is 0. The van der Waals surface area contributed by atoms with Gasteiger partial charge in [-0.2, -0.15) is 9.90 Å². The molecule has 1 aromatic carbocycles. The third-order valence-corrected chi connectivity index (χ3v) is 3.56. The van der Waals surface area contributed by atoms with Crippen molar-refractivity contribution in [1.82, 2.24) is 15.0 Å². The van der Waals surface area contributed by atoms with E-state index >= 15 is 0 Å². The summed E-state index contributed by atoms with van der Waals surface area (Å²) in [6.45, 7) is 6.26. The average molecular weight is 295 g/mol. The van der Waals surface area contributed by atoms with Gasteiger partial charge in [-0.3, -0.25) is 4.79 Å². The highest BCUT2D eigenvalue weighted by atomic mass is 16.3. The second-order valence-electron chi connectivity index (χ2n) is 5.09. The number of aryl methyl sites for hydroxylation is 3. The zero-order chi connectivity index (χ0) is 15.7. The van der Waals surface area contributed by atoms with Gasteiger partial charge in [-0.1, -0.05) is 18.2 Å². The highest BCUT2D eigenvalue weighted by Gasteiger charge is 2.13. The predicted octanol–water partition coefficient (Wildman–Crippen LogP) is 3.56. The van der Waals surface area contributed by atoms with E-state index < -0.39 is 0 Å². The summed E-state index contributed by atoms with van der Waals surface area (Å²) >= 11 is 0. The van der Waals surface area contributed by atoms with Gasteiger partial charge in [0.2, 0.25) is 5.78 Å². The second kappa shape index (κ2) is 5.60. The standard InChI is InChI=1S/C17H17N3O2/c1-4-20-18-11(2)17(19-20)15(21)10-9-13-12(3)22-16-8-6-5-7-14(13)16/h5-10H,4H2,1-3H3/b10-9+. The van der Waals surface area contributed by atoms with Crippen molar-refractivity contribution in [3.8, 4) is 0 Å². The second-order valence-corrected chi connectivity index (χ2v) is 5.09. The number of nitrogens with zero attached hydrogens (tertiary/aromatic N) is 3. The molecule has 2 heterocycles. The lowest BCUT2D eigenvalue weighted by Crippen LogP contribution is -2.01. The van der Waals surface area contributed by atoms with E-state index in [9.17, 15) is 4.79 Å². The highest BCUT2D eigenvalue weighted by molar-refractivity contribution is 6.07. The normalized spacial score (nSPS) is 11.6. The minimum absolute atomic E-state index is 0.151. The molecule has 0 spiro atoms. The molecule has 0 fully saturated rings. The molecule has 0 saturated heterocycles. The molecule has 22 heavy (non-hydrogen) atoms. The van der Waals surface area contributed by atoms with E-state index in [1.54, 1.807) is 13.0 Å². The Morgan fingerprint density at radius 1 is 1.27 bits per heavy atom. The molecule has 0 bridgehead atoms. The van der Waals surface area contributed by atoms with Crippen LogP contribution in [-0.4, -0.2) is 20.8 Å². The van der Waals surface area contributed by atoms with Crippen LogP contribution in [0.3, 0.4) is 0 Å². The van der Waals surface area contributed by atoms with Crippen molar-refractivity contribution in [3.05, 3.63) is 53.1 Å². The van der Waals surface area contributed by atoms with E-state index in [4.69, 9.17) is 4.42 Å². The number of para-hydroxylation sites is 1. The molecule has 3 rings (SSSR count). The SMILES string of the molecule is CCn1nc(C)c(C(=O)/C=C/c2c(C)oc3ccccc23)n1. The van der Waals surface area contributed by atoms with Gasteiger partial charge in [0.15, 0.2) is 5.69 Å². The van der Waals surface area contributed by atoms with Crippen LogP contribution in [0.15, 0.2) is 34.8 Å². The van der Waals surface area contributed by atoms with E-state index in [1.165, 1.54) is 10.9 Å². The van der Waals surface area contributed by atoms with E-state index in [0.717, 1.165) is 22.3 Å². The highest BCUT2D eigenvalue weighted by Crippen LogP contribution is 2.26. The summed E-state index contributed by atoms with van der Waals surface area (Å²) in [5.41, 5.74) is 2.78. The first-order valence-electron chi connectivity index (χ1n) is 7.22. The van der Waals surface area contributed by atoms with E-state index in [-0.39, 0.29) is 5.78 Å². The number of aromatic nitrogens is 3. The molecule has 2 aromatic heterocycles. The van der Waals surface area contributed by atoms with Gasteiger partial charge < -0.3 is 4.42 Å². The van der Waals surface area contributed by atoms with Gasteiger partial charge in [-0.05, 0) is 39.0 Å². The first-order valence-corrected chi connectivity index (χ1v) is 7.22. The Morgan fingerprint density at radius 3 is 2.77 bits per heavy atom. The third-order valence-electron chi connectivity index (χ3n) is 3.56. The largest absolute Gasteiger partial charge is 0.461 e. The molecule has 0 atom stereocenters. The number of hydrogen-bond donors (Lipinski definition) is 0. The first-order chi connectivity index (χ1) is 10.6. The molecule has 112 valence electrons. The Balaban J connectivity index is 1.94. The van der Waals surface area contributed by atoms with Crippen molar-refractivity contribution in [1.29, 1.82) is 0 Å². The van der Waals surface area contributed by atoms with Crippen molar-refractivity contribution in [2.75, 3.05) is 0 Å². The van der Waals surface area contributed by atoms with Crippen LogP contribution in [0.4, 0.5) is 0 Å². The van der Waals surface area contributed by atoms with Gasteiger partial charge in [0.1, 0.15) is 11.3 Å². The molecule has 0 N–H and O–H groups in total. The predicted molar refractivity (Wildman–Crippen MR) is 84.7 cm³/mol. The molecular weight excluding hydrogens is 278 g/mol. The molecule has 0 aliphatic rings. The summed E-state index contributed by atoms with van der Waals surface area (Å²) in [5, 5.41) is 9.39. The zero-order valence-corrected chi connectivity index (χ0v) is 12.8. The smallest absolute Gasteiger partial charge is 0.208 e. The monoisotopic (exact) mass is 295 g/mol. The van der Waals surface area contributed by atoms with Crippen LogP contribution < -0.4 is 0 Å². The van der Waals surface area contributed by atoms with E-state index in [1.807, 2.05) is 38.1 Å². The first kappa shape index (κ1) is 14.3. The topological polar surface area (TPSA) is 60.9 Å². The fourth-order valence-electron chi connectivity index (χ4n) is 2.43. The molecule has 0 radical (unpaired) electrons. The summed E-state index contributed by atoms with van der Waals surface area (Å²) in [6.07, 6.45) is 3.31. The lowest BCUT2D eigenvalue weighted by molar-refractivity contribution is 0.104. The van der Waals surface area contributed by atoms with Crippen LogP contribution in [0.5, 0.6) is 0 Å². The van der Waals surface area contributed by atoms with Crippen LogP contribution in [0.25, 0.3) is 17.0 Å². The van der Waals surface area contributed by atoms with Gasteiger partial charge in [-0.15, -0.1) is 5.10 Å². The quantitative estimate of drug-likeness (QED) is 0.545. The molecule has 5 heteroatoms. The zero-order valence-electron chi connectivity index (χ0n) is 12.8. The van der Waals surface area contributed by atoms with Crippen molar-refractivity contribution < 1.29 is 9.21 Å². The number of carbonyl (C=O) groups is 1. The van der Waals surface area contributed by atoms with Crippen molar-refractivity contribution in [2.45, 2.75) is 27.3 Å². The van der Waals surface area contributed by atoms with Crippen molar-refractivity contribution in [2.24, 2.45) is 0 Å². The summed E-state index contributed by atoms with van der Waals surface area (Å²) in [6, 6.07) is 7.77. The van der Waals surface area contributed by atoms with Gasteiger partial charge >= 0.3 is 0 Å². The van der Waals surface area contributed by atoms with Gasteiger partial charge in [0.05, 0.1) is 12.2 Å². The van der Waals surface area contributed by atoms with Crippen LogP contribution in [-0.2, 0) is 6.54 Å². The summed E-state index contributed by atoms with van der Waals surface area (Å²) in [4.78, 5) is 13.8. The number of furan rings is 1. The molecular formula is C17H17N3O2. The molecule has 5 nitrogen and oxygen atoms in total. The minimum Gasteiger partial charge on any atom is -0.461 e. The molecule has 0 amide bonds. The number of ketones is 1. The lowest BCUT2D eigenvalue weighted by atomic mass is 10.1. The minimum atomic E-state index is -0.151. The van der Waals surface area contributed by atoms with Crippen LogP contribution in [0.2, 0.25) is 0 Å². The average Bonchev–Trinajstić information content (AvgIpc) is 3.04. The van der Waals surface area contributed by atoms with E-state index in [2.05, 4.69) is 10.2 Å². The molecule has 0 aliphatic carbocycles. The fraction of sp³-hybridized carbons (Fsp3) is 0.235. The lowest BCUT2D eigenvalue weighted by Gasteiger charge is -1.92. The van der Waals surface area contributed by atoms with Gasteiger partial charge in [0, 0.05) is 10.9 Å². The van der Waals surface area contributed by atoms with Crippen LogP contribution in [0, 0.1) is 13.8 Å². The Labute approximate surface area is 128 Å². The van der Waals surface area contributed by atoms with Crippen LogP contribution in [0.1, 0.15) is 34.4 Å². The van der Waals surface area contributed by atoms with Gasteiger partial charge in [-0.25, -0.2) is 0 Å². The fourth-order valence-corrected chi connectivity index (χ4v) is 2.43. The van der Waals surface area contributed by atoms with E-state index in [0.29, 0.717) is 17.9 Å². The van der Waals surface area contributed by atoms with Crippen molar-refractivity contribution in [3.63, 3.8) is 0 Å². The number of hydrogen-bond acceptors (Lipinski definition) is 4. The maximum atomic E-state index is 12.3. The number of allylic oxidation sites excluding steroid dienone is 1. The molecule has 0 saturated carbocycles. The number of rotatable bonds is 4. The maximum absolute atomic E-state index is 12.3. The number of benzene rings is 1. The Hall–Kier alpha value is -2.69. The summed E-state index contributed by atoms with van der Waals surface area (Å²) < 4.78 is 5.69. The Bertz CT molecular complexity index is 871. The van der Waals surface area contributed by atoms with Crippen molar-refractivity contribution >= 4 is 22.8 Å². The Kier molecular flexibility index (Phi) is 3.63. The third kappa shape index (κ3) is 2.45. The summed E-state index contributed by atoms with van der Waals surface area (Å²) in [5.74, 6) is 0.640.